The van der Waals surface area contributed by atoms with Crippen LogP contribution < -0.4 is 26.6 Å². The minimum absolute atomic E-state index is 0.000719. The smallest absolute Gasteiger partial charge is 0.245 e. The zero-order valence-corrected chi connectivity index (χ0v) is 31.6. The second-order valence-electron chi connectivity index (χ2n) is 15.9. The largest absolute Gasteiger partial charge is 0.508 e. The number of carbonyl (C=O) groups is 6. The molecule has 2 aliphatic heterocycles. The lowest BCUT2D eigenvalue weighted by Crippen LogP contribution is -2.61. The highest BCUT2D eigenvalue weighted by atomic mass is 16.3. The number of fused-ring (bicyclic) bond motifs is 1. The van der Waals surface area contributed by atoms with Crippen molar-refractivity contribution in [3.8, 4) is 5.75 Å². The molecule has 0 spiro atoms. The van der Waals surface area contributed by atoms with Gasteiger partial charge in [0.25, 0.3) is 0 Å². The first-order valence-electron chi connectivity index (χ1n) is 18.5. The van der Waals surface area contributed by atoms with Crippen LogP contribution in [0.4, 0.5) is 0 Å². The number of rotatable bonds is 10. The maximum Gasteiger partial charge on any atom is 0.245 e. The molecule has 2 fully saturated rings. The molecule has 0 radical (unpaired) electrons. The van der Waals surface area contributed by atoms with Gasteiger partial charge in [-0.15, -0.1) is 0 Å². The van der Waals surface area contributed by atoms with Crippen molar-refractivity contribution in [2.75, 3.05) is 6.54 Å². The van der Waals surface area contributed by atoms with Gasteiger partial charge in [0.05, 0.1) is 0 Å². The summed E-state index contributed by atoms with van der Waals surface area (Å²) < 4.78 is 0. The molecule has 3 rings (SSSR count). The Morgan fingerprint density at radius 3 is 1.37 bits per heavy atom. The van der Waals surface area contributed by atoms with E-state index in [1.54, 1.807) is 12.1 Å². The summed E-state index contributed by atoms with van der Waals surface area (Å²) in [5.74, 6) is -3.03. The maximum absolute atomic E-state index is 14.2. The first-order chi connectivity index (χ1) is 23.9. The number of hydrogen-bond donors (Lipinski definition) is 6. The number of benzene rings is 1. The number of aromatic hydroxyl groups is 1. The molecular formula is C38H60N6O7. The van der Waals surface area contributed by atoms with Gasteiger partial charge in [-0.1, -0.05) is 67.5 Å². The molecule has 2 saturated heterocycles. The van der Waals surface area contributed by atoms with Crippen LogP contribution in [0, 0.1) is 23.7 Å². The summed E-state index contributed by atoms with van der Waals surface area (Å²) in [6.45, 7) is 15.7. The SMILES string of the molecule is CC(C)C[C@@H]1NC(=O)[C@@H](CC(C)C)NC(=O)[C@@H](CC(C)C)NC(=O)[C@@H](CC(C)C)NC(=O)[C@H](Cc2ccc(O)cc2)NC(=O)[C@@H]2CCCN2C1=O. The van der Waals surface area contributed by atoms with E-state index in [2.05, 4.69) is 26.6 Å². The van der Waals surface area contributed by atoms with Gasteiger partial charge in [0.2, 0.25) is 35.4 Å². The molecule has 0 saturated carbocycles. The summed E-state index contributed by atoms with van der Waals surface area (Å²) in [5.41, 5.74) is 0.656. The van der Waals surface area contributed by atoms with Crippen LogP contribution in [0.1, 0.15) is 99.5 Å². The molecule has 6 amide bonds. The average Bonchev–Trinajstić information content (AvgIpc) is 3.52. The van der Waals surface area contributed by atoms with Crippen molar-refractivity contribution in [2.24, 2.45) is 23.7 Å². The fourth-order valence-electron chi connectivity index (χ4n) is 6.74. The molecule has 2 heterocycles. The third kappa shape index (κ3) is 12.5. The van der Waals surface area contributed by atoms with E-state index in [4.69, 9.17) is 0 Å². The van der Waals surface area contributed by atoms with Gasteiger partial charge in [-0.3, -0.25) is 28.8 Å². The van der Waals surface area contributed by atoms with Crippen LogP contribution >= 0.6 is 0 Å². The lowest BCUT2D eigenvalue weighted by molar-refractivity contribution is -0.143. The summed E-state index contributed by atoms with van der Waals surface area (Å²) >= 11 is 0. The highest BCUT2D eigenvalue weighted by Gasteiger charge is 2.41. The second kappa shape index (κ2) is 18.9. The van der Waals surface area contributed by atoms with E-state index in [-0.39, 0.29) is 48.7 Å². The highest BCUT2D eigenvalue weighted by molar-refractivity contribution is 5.98. The number of hydrogen-bond acceptors (Lipinski definition) is 7. The predicted octanol–water partition coefficient (Wildman–Crippen LogP) is 2.55. The second-order valence-corrected chi connectivity index (χ2v) is 15.9. The van der Waals surface area contributed by atoms with Crippen LogP contribution in [0.2, 0.25) is 0 Å². The van der Waals surface area contributed by atoms with E-state index in [9.17, 15) is 33.9 Å². The number of phenols is 1. The summed E-state index contributed by atoms with van der Waals surface area (Å²) in [5, 5.41) is 24.1. The van der Waals surface area contributed by atoms with Crippen LogP contribution in [0.25, 0.3) is 0 Å². The fraction of sp³-hybridized carbons (Fsp3) is 0.684. The molecule has 1 aromatic carbocycles. The Bertz CT molecular complexity index is 1380. The number of amides is 6. The lowest BCUT2D eigenvalue weighted by atomic mass is 9.97. The van der Waals surface area contributed by atoms with Crippen LogP contribution in [0.3, 0.4) is 0 Å². The van der Waals surface area contributed by atoms with E-state index in [1.807, 2.05) is 55.4 Å². The zero-order valence-electron chi connectivity index (χ0n) is 31.6. The topological polar surface area (TPSA) is 186 Å². The van der Waals surface area contributed by atoms with E-state index in [1.165, 1.54) is 17.0 Å². The van der Waals surface area contributed by atoms with Crippen molar-refractivity contribution < 1.29 is 33.9 Å². The Hall–Kier alpha value is -4.16. The summed E-state index contributed by atoms with van der Waals surface area (Å²) in [6, 6.07) is 0.287. The van der Waals surface area contributed by atoms with Crippen LogP contribution in [0.15, 0.2) is 24.3 Å². The molecule has 0 bridgehead atoms. The molecule has 6 N–H and O–H groups in total. The van der Waals surface area contributed by atoms with Gasteiger partial charge in [0, 0.05) is 13.0 Å². The van der Waals surface area contributed by atoms with Gasteiger partial charge in [0.15, 0.2) is 0 Å². The van der Waals surface area contributed by atoms with Crippen molar-refractivity contribution in [3.05, 3.63) is 29.8 Å². The van der Waals surface area contributed by atoms with E-state index in [0.29, 0.717) is 37.8 Å². The Balaban J connectivity index is 2.11. The molecule has 13 heteroatoms. The molecular weight excluding hydrogens is 652 g/mol. The van der Waals surface area contributed by atoms with Crippen molar-refractivity contribution in [2.45, 2.75) is 137 Å². The third-order valence-corrected chi connectivity index (χ3v) is 9.19. The normalized spacial score (nSPS) is 26.0. The zero-order chi connectivity index (χ0) is 38.0. The molecule has 6 atom stereocenters. The Morgan fingerprint density at radius 2 is 0.941 bits per heavy atom. The molecule has 13 nitrogen and oxygen atoms in total. The van der Waals surface area contributed by atoms with Gasteiger partial charge >= 0.3 is 0 Å². The minimum atomic E-state index is -1.13. The number of carbonyl (C=O) groups excluding carboxylic acids is 6. The highest BCUT2D eigenvalue weighted by Crippen LogP contribution is 2.22. The molecule has 51 heavy (non-hydrogen) atoms. The first-order valence-corrected chi connectivity index (χ1v) is 18.5. The number of phenolic OH excluding ortho intramolecular Hbond substituents is 1. The summed E-state index contributed by atoms with van der Waals surface area (Å²) in [7, 11) is 0. The van der Waals surface area contributed by atoms with Gasteiger partial charge in [-0.05, 0) is 79.9 Å². The maximum atomic E-state index is 14.2. The van der Waals surface area contributed by atoms with Crippen LogP contribution in [-0.2, 0) is 35.2 Å². The van der Waals surface area contributed by atoms with Gasteiger partial charge < -0.3 is 36.6 Å². The predicted molar refractivity (Wildman–Crippen MR) is 194 cm³/mol. The number of nitrogens with zero attached hydrogens (tertiary/aromatic N) is 1. The standard InChI is InChI=1S/C38H60N6O7/c1-21(2)16-27-33(46)40-29(18-23(5)6)35(48)43-31(19-24(7)8)38(51)44-15-9-10-32(44)37(50)42-30(20-25-11-13-26(45)14-12-25)36(49)41-28(17-22(3)4)34(47)39-27/h11-14,21-24,27-32,45H,9-10,15-20H2,1-8H3,(H,39,47)(H,40,46)(H,41,49)(H,42,50)(H,43,48)/t27-,28-,29-,30+,31+,32+/m1/s1. The molecule has 284 valence electrons. The van der Waals surface area contributed by atoms with Crippen molar-refractivity contribution in [3.63, 3.8) is 0 Å². The summed E-state index contributed by atoms with van der Waals surface area (Å²) in [6.07, 6.45) is 2.12. The molecule has 0 unspecified atom stereocenters. The molecule has 0 aromatic heterocycles. The van der Waals surface area contributed by atoms with Gasteiger partial charge in [-0.2, -0.15) is 0 Å². The van der Waals surface area contributed by atoms with E-state index in [0.717, 1.165) is 0 Å². The third-order valence-electron chi connectivity index (χ3n) is 9.19. The van der Waals surface area contributed by atoms with E-state index >= 15 is 0 Å². The first kappa shape index (κ1) is 41.3. The van der Waals surface area contributed by atoms with Crippen LogP contribution in [0.5, 0.6) is 5.75 Å². The van der Waals surface area contributed by atoms with Crippen molar-refractivity contribution in [1.82, 2.24) is 31.5 Å². The summed E-state index contributed by atoms with van der Waals surface area (Å²) in [4.78, 5) is 85.3. The lowest BCUT2D eigenvalue weighted by Gasteiger charge is -2.32. The Kier molecular flexibility index (Phi) is 15.3. The minimum Gasteiger partial charge on any atom is -0.508 e. The van der Waals surface area contributed by atoms with Crippen LogP contribution in [-0.4, -0.2) is 88.2 Å². The van der Waals surface area contributed by atoms with Crippen molar-refractivity contribution >= 4 is 35.4 Å². The van der Waals surface area contributed by atoms with Crippen molar-refractivity contribution in [1.29, 1.82) is 0 Å². The van der Waals surface area contributed by atoms with Gasteiger partial charge in [-0.25, -0.2) is 0 Å². The van der Waals surface area contributed by atoms with E-state index < -0.39 is 71.7 Å². The monoisotopic (exact) mass is 712 g/mol. The van der Waals surface area contributed by atoms with Gasteiger partial charge in [0.1, 0.15) is 42.0 Å². The quantitative estimate of drug-likeness (QED) is 0.215. The fourth-order valence-corrected chi connectivity index (χ4v) is 6.74. The number of nitrogens with one attached hydrogen (secondary N) is 5. The molecule has 0 aliphatic carbocycles. The average molecular weight is 713 g/mol. The Morgan fingerprint density at radius 1 is 0.569 bits per heavy atom. The molecule has 2 aliphatic rings. The molecule has 1 aromatic rings. The Labute approximate surface area is 302 Å².